The number of nitrogens with zero attached hydrogens (tertiary/aromatic N) is 1. The lowest BCUT2D eigenvalue weighted by Gasteiger charge is -2.17. The zero-order valence-corrected chi connectivity index (χ0v) is 11.8. The molecule has 1 atom stereocenters. The monoisotopic (exact) mass is 309 g/mol. The highest BCUT2D eigenvalue weighted by Crippen LogP contribution is 2.26. The fraction of sp³-hybridized carbons (Fsp3) is 0.286. The first-order chi connectivity index (χ1) is 10.0. The summed E-state index contributed by atoms with van der Waals surface area (Å²) in [7, 11) is 0. The van der Waals surface area contributed by atoms with Crippen molar-refractivity contribution in [1.29, 1.82) is 0 Å². The SMILES string of the molecule is C#CCNC(=O)N[C@@H]1CCN(c2ccc(F)c(Cl)c2)C1=O. The van der Waals surface area contributed by atoms with Crippen LogP contribution in [0.5, 0.6) is 0 Å². The number of hydrogen-bond donors (Lipinski definition) is 2. The Morgan fingerprint density at radius 2 is 2.33 bits per heavy atom. The van der Waals surface area contributed by atoms with Gasteiger partial charge in [0.15, 0.2) is 0 Å². The van der Waals surface area contributed by atoms with E-state index in [1.54, 1.807) is 0 Å². The van der Waals surface area contributed by atoms with Crippen molar-refractivity contribution in [2.45, 2.75) is 12.5 Å². The number of urea groups is 1. The smallest absolute Gasteiger partial charge is 0.316 e. The highest BCUT2D eigenvalue weighted by atomic mass is 35.5. The van der Waals surface area contributed by atoms with Gasteiger partial charge in [-0.3, -0.25) is 4.79 Å². The molecule has 1 fully saturated rings. The Bertz CT molecular complexity index is 615. The maximum absolute atomic E-state index is 13.1. The molecule has 1 aromatic rings. The predicted octanol–water partition coefficient (Wildman–Crippen LogP) is 1.52. The molecular formula is C14H13ClFN3O2. The first-order valence-corrected chi connectivity index (χ1v) is 6.65. The van der Waals surface area contributed by atoms with Crippen molar-refractivity contribution in [3.05, 3.63) is 29.0 Å². The molecule has 0 aliphatic carbocycles. The third-order valence-electron chi connectivity index (χ3n) is 3.08. The Morgan fingerprint density at radius 3 is 3.00 bits per heavy atom. The molecule has 7 heteroatoms. The maximum Gasteiger partial charge on any atom is 0.316 e. The fourth-order valence-electron chi connectivity index (χ4n) is 2.06. The summed E-state index contributed by atoms with van der Waals surface area (Å²) in [4.78, 5) is 25.2. The topological polar surface area (TPSA) is 61.4 Å². The number of terminal acetylenes is 1. The van der Waals surface area contributed by atoms with E-state index in [9.17, 15) is 14.0 Å². The van der Waals surface area contributed by atoms with Gasteiger partial charge in [0.1, 0.15) is 11.9 Å². The molecule has 0 radical (unpaired) electrons. The van der Waals surface area contributed by atoms with Gasteiger partial charge in [-0.15, -0.1) is 6.42 Å². The van der Waals surface area contributed by atoms with Gasteiger partial charge in [0.25, 0.3) is 0 Å². The molecule has 5 nitrogen and oxygen atoms in total. The van der Waals surface area contributed by atoms with E-state index in [-0.39, 0.29) is 17.5 Å². The van der Waals surface area contributed by atoms with E-state index < -0.39 is 17.9 Å². The molecule has 0 unspecified atom stereocenters. The lowest BCUT2D eigenvalue weighted by molar-refractivity contribution is -0.118. The lowest BCUT2D eigenvalue weighted by atomic mass is 10.2. The maximum atomic E-state index is 13.1. The molecule has 110 valence electrons. The van der Waals surface area contributed by atoms with Crippen molar-refractivity contribution in [3.63, 3.8) is 0 Å². The van der Waals surface area contributed by atoms with Gasteiger partial charge in [0, 0.05) is 12.2 Å². The van der Waals surface area contributed by atoms with Crippen LogP contribution < -0.4 is 15.5 Å². The van der Waals surface area contributed by atoms with E-state index in [1.165, 1.54) is 23.1 Å². The molecule has 3 amide bonds. The first-order valence-electron chi connectivity index (χ1n) is 6.27. The Hall–Kier alpha value is -2.26. The lowest BCUT2D eigenvalue weighted by Crippen LogP contribution is -2.46. The molecule has 0 aromatic heterocycles. The van der Waals surface area contributed by atoms with Crippen molar-refractivity contribution in [3.8, 4) is 12.3 Å². The standard InChI is InChI=1S/C14H13ClFN3O2/c1-2-6-17-14(21)18-12-5-7-19(13(12)20)9-3-4-11(16)10(15)8-9/h1,3-4,8,12H,5-7H2,(H2,17,18,21)/t12-/m1/s1. The van der Waals surface area contributed by atoms with Gasteiger partial charge in [-0.1, -0.05) is 17.5 Å². The van der Waals surface area contributed by atoms with Crippen LogP contribution in [-0.4, -0.2) is 31.1 Å². The number of rotatable bonds is 3. The van der Waals surface area contributed by atoms with Crippen molar-refractivity contribution in [1.82, 2.24) is 10.6 Å². The highest BCUT2D eigenvalue weighted by molar-refractivity contribution is 6.31. The van der Waals surface area contributed by atoms with E-state index in [4.69, 9.17) is 18.0 Å². The van der Waals surface area contributed by atoms with Crippen molar-refractivity contribution in [2.75, 3.05) is 18.0 Å². The summed E-state index contributed by atoms with van der Waals surface area (Å²) < 4.78 is 13.1. The summed E-state index contributed by atoms with van der Waals surface area (Å²) in [5.41, 5.74) is 0.500. The van der Waals surface area contributed by atoms with Crippen LogP contribution in [0.15, 0.2) is 18.2 Å². The van der Waals surface area contributed by atoms with Crippen LogP contribution in [0.3, 0.4) is 0 Å². The molecule has 2 N–H and O–H groups in total. The van der Waals surface area contributed by atoms with Crippen LogP contribution in [0, 0.1) is 18.2 Å². The Labute approximate surface area is 126 Å². The summed E-state index contributed by atoms with van der Waals surface area (Å²) in [6.07, 6.45) is 5.48. The van der Waals surface area contributed by atoms with E-state index in [1.807, 2.05) is 0 Å². The van der Waals surface area contributed by atoms with Crippen LogP contribution in [0.1, 0.15) is 6.42 Å². The number of anilines is 1. The van der Waals surface area contributed by atoms with Crippen molar-refractivity contribution >= 4 is 29.2 Å². The van der Waals surface area contributed by atoms with Crippen LogP contribution in [0.25, 0.3) is 0 Å². The van der Waals surface area contributed by atoms with E-state index in [0.717, 1.165) is 0 Å². The fourth-order valence-corrected chi connectivity index (χ4v) is 2.24. The minimum absolute atomic E-state index is 0.0523. The third kappa shape index (κ3) is 3.44. The van der Waals surface area contributed by atoms with Gasteiger partial charge in [-0.2, -0.15) is 0 Å². The average molecular weight is 310 g/mol. The van der Waals surface area contributed by atoms with Crippen LogP contribution in [-0.2, 0) is 4.79 Å². The largest absolute Gasteiger partial charge is 0.327 e. The number of nitrogens with one attached hydrogen (secondary N) is 2. The van der Waals surface area contributed by atoms with Crippen LogP contribution >= 0.6 is 11.6 Å². The Balaban J connectivity index is 2.02. The Morgan fingerprint density at radius 1 is 1.57 bits per heavy atom. The van der Waals surface area contributed by atoms with Crippen LogP contribution in [0.2, 0.25) is 5.02 Å². The summed E-state index contributed by atoms with van der Waals surface area (Å²) in [6.45, 7) is 0.505. The number of hydrogen-bond acceptors (Lipinski definition) is 2. The van der Waals surface area contributed by atoms with Gasteiger partial charge >= 0.3 is 6.03 Å². The van der Waals surface area contributed by atoms with Crippen molar-refractivity contribution in [2.24, 2.45) is 0 Å². The molecule has 21 heavy (non-hydrogen) atoms. The van der Waals surface area contributed by atoms with Gasteiger partial charge in [0.2, 0.25) is 5.91 Å². The Kier molecular flexibility index (Phi) is 4.66. The van der Waals surface area contributed by atoms with Gasteiger partial charge in [0.05, 0.1) is 11.6 Å². The molecule has 0 spiro atoms. The number of amides is 3. The number of halogens is 2. The summed E-state index contributed by atoms with van der Waals surface area (Å²) in [5.74, 6) is 1.45. The molecule has 1 aliphatic rings. The number of benzene rings is 1. The summed E-state index contributed by atoms with van der Waals surface area (Å²) in [5, 5.41) is 4.92. The first kappa shape index (κ1) is 15.1. The molecule has 0 saturated carbocycles. The summed E-state index contributed by atoms with van der Waals surface area (Å²) >= 11 is 5.71. The zero-order chi connectivity index (χ0) is 15.4. The second-order valence-electron chi connectivity index (χ2n) is 4.46. The highest BCUT2D eigenvalue weighted by Gasteiger charge is 2.33. The predicted molar refractivity (Wildman–Crippen MR) is 77.5 cm³/mol. The number of carbonyl (C=O) groups excluding carboxylic acids is 2. The van der Waals surface area contributed by atoms with Gasteiger partial charge < -0.3 is 15.5 Å². The zero-order valence-electron chi connectivity index (χ0n) is 11.0. The summed E-state index contributed by atoms with van der Waals surface area (Å²) in [6, 6.07) is 2.93. The molecule has 1 aromatic carbocycles. The minimum atomic E-state index is -0.633. The molecule has 2 rings (SSSR count). The third-order valence-corrected chi connectivity index (χ3v) is 3.37. The van der Waals surface area contributed by atoms with E-state index in [0.29, 0.717) is 18.7 Å². The molecule has 1 heterocycles. The number of carbonyl (C=O) groups is 2. The second kappa shape index (κ2) is 6.46. The van der Waals surface area contributed by atoms with Crippen LogP contribution in [0.4, 0.5) is 14.9 Å². The molecule has 1 saturated heterocycles. The normalized spacial score (nSPS) is 17.5. The second-order valence-corrected chi connectivity index (χ2v) is 4.87. The van der Waals surface area contributed by atoms with Gasteiger partial charge in [-0.05, 0) is 24.6 Å². The minimum Gasteiger partial charge on any atom is -0.327 e. The van der Waals surface area contributed by atoms with E-state index >= 15 is 0 Å². The quantitative estimate of drug-likeness (QED) is 0.832. The molecular weight excluding hydrogens is 297 g/mol. The van der Waals surface area contributed by atoms with Gasteiger partial charge in [-0.25, -0.2) is 9.18 Å². The molecule has 0 bridgehead atoms. The van der Waals surface area contributed by atoms with E-state index in [2.05, 4.69) is 16.6 Å². The molecule has 1 aliphatic heterocycles. The average Bonchev–Trinajstić information content (AvgIpc) is 2.81. The van der Waals surface area contributed by atoms with Crippen molar-refractivity contribution < 1.29 is 14.0 Å².